The van der Waals surface area contributed by atoms with Crippen LogP contribution in [0.4, 0.5) is 4.79 Å². The minimum Gasteiger partial charge on any atom is -0.373 e. The standard InChI is InChI=1S/C13H22N2O2/c1-2-13(5-6-13)8-14-12(16)15-10-7-9-3-4-11(10)17-9/h9-11H,2-8H2,1H3,(H2,14,15,16)/t9-,10+,11-/m1/s1. The summed E-state index contributed by atoms with van der Waals surface area (Å²) in [5.74, 6) is 0. The topological polar surface area (TPSA) is 50.4 Å². The predicted octanol–water partition coefficient (Wildman–Crippen LogP) is 1.80. The van der Waals surface area contributed by atoms with Crippen LogP contribution in [-0.4, -0.2) is 30.8 Å². The monoisotopic (exact) mass is 238 g/mol. The molecule has 0 aromatic carbocycles. The third-order valence-corrected chi connectivity index (χ3v) is 4.75. The van der Waals surface area contributed by atoms with Crippen LogP contribution in [0.25, 0.3) is 0 Å². The van der Waals surface area contributed by atoms with Crippen LogP contribution in [0, 0.1) is 5.41 Å². The molecule has 4 heteroatoms. The van der Waals surface area contributed by atoms with Crippen molar-refractivity contribution in [2.75, 3.05) is 6.54 Å². The SMILES string of the molecule is CCC1(CNC(=O)N[C@H]2C[C@H]3CC[C@H]2O3)CC1. The van der Waals surface area contributed by atoms with Gasteiger partial charge in [0.05, 0.1) is 18.2 Å². The van der Waals surface area contributed by atoms with Crippen LogP contribution in [0.5, 0.6) is 0 Å². The molecule has 96 valence electrons. The molecule has 2 heterocycles. The van der Waals surface area contributed by atoms with E-state index in [1.807, 2.05) is 0 Å². The van der Waals surface area contributed by atoms with Crippen LogP contribution in [0.3, 0.4) is 0 Å². The quantitative estimate of drug-likeness (QED) is 0.784. The number of fused-ring (bicyclic) bond motifs is 2. The van der Waals surface area contributed by atoms with E-state index >= 15 is 0 Å². The van der Waals surface area contributed by atoms with Gasteiger partial charge < -0.3 is 15.4 Å². The Morgan fingerprint density at radius 3 is 2.76 bits per heavy atom. The lowest BCUT2D eigenvalue weighted by atomic mass is 9.96. The van der Waals surface area contributed by atoms with Crippen molar-refractivity contribution in [1.29, 1.82) is 0 Å². The van der Waals surface area contributed by atoms with Gasteiger partial charge in [-0.05, 0) is 43.9 Å². The van der Waals surface area contributed by atoms with Gasteiger partial charge >= 0.3 is 6.03 Å². The Balaban J connectivity index is 1.42. The number of hydrogen-bond donors (Lipinski definition) is 2. The highest BCUT2D eigenvalue weighted by Crippen LogP contribution is 2.47. The number of hydrogen-bond acceptors (Lipinski definition) is 2. The summed E-state index contributed by atoms with van der Waals surface area (Å²) in [4.78, 5) is 11.8. The van der Waals surface area contributed by atoms with E-state index in [0.29, 0.717) is 11.5 Å². The molecule has 2 bridgehead atoms. The summed E-state index contributed by atoms with van der Waals surface area (Å²) >= 11 is 0. The summed E-state index contributed by atoms with van der Waals surface area (Å²) in [6.45, 7) is 3.04. The average Bonchev–Trinajstić information content (AvgIpc) is 2.83. The Bertz CT molecular complexity index is 315. The lowest BCUT2D eigenvalue weighted by Gasteiger charge is -2.21. The van der Waals surface area contributed by atoms with Gasteiger partial charge in [-0.3, -0.25) is 0 Å². The summed E-state index contributed by atoms with van der Waals surface area (Å²) in [7, 11) is 0. The number of carbonyl (C=O) groups excluding carboxylic acids is 1. The van der Waals surface area contributed by atoms with Crippen LogP contribution in [-0.2, 0) is 4.74 Å². The first kappa shape index (κ1) is 11.3. The van der Waals surface area contributed by atoms with Crippen LogP contribution >= 0.6 is 0 Å². The van der Waals surface area contributed by atoms with E-state index in [9.17, 15) is 4.79 Å². The van der Waals surface area contributed by atoms with Gasteiger partial charge in [-0.25, -0.2) is 4.79 Å². The molecule has 3 rings (SSSR count). The number of amides is 2. The maximum atomic E-state index is 11.8. The molecule has 0 aromatic rings. The number of nitrogens with one attached hydrogen (secondary N) is 2. The molecule has 2 aliphatic heterocycles. The normalized spacial score (nSPS) is 36.9. The van der Waals surface area contributed by atoms with Gasteiger partial charge in [-0.2, -0.15) is 0 Å². The molecule has 0 spiro atoms. The molecule has 3 aliphatic rings. The zero-order chi connectivity index (χ0) is 11.9. The first-order valence-electron chi connectivity index (χ1n) is 6.91. The summed E-state index contributed by atoms with van der Waals surface area (Å²) in [5.41, 5.74) is 0.419. The minimum absolute atomic E-state index is 0.00845. The van der Waals surface area contributed by atoms with Crippen molar-refractivity contribution in [3.63, 3.8) is 0 Å². The fraction of sp³-hybridized carbons (Fsp3) is 0.923. The zero-order valence-electron chi connectivity index (χ0n) is 10.5. The van der Waals surface area contributed by atoms with Gasteiger partial charge in [-0.15, -0.1) is 0 Å². The van der Waals surface area contributed by atoms with E-state index in [4.69, 9.17) is 4.74 Å². The van der Waals surface area contributed by atoms with E-state index in [1.54, 1.807) is 0 Å². The first-order valence-corrected chi connectivity index (χ1v) is 6.91. The molecule has 2 saturated heterocycles. The molecule has 1 aliphatic carbocycles. The van der Waals surface area contributed by atoms with Crippen LogP contribution in [0.15, 0.2) is 0 Å². The molecule has 3 fully saturated rings. The fourth-order valence-corrected chi connectivity index (χ4v) is 3.11. The highest BCUT2D eigenvalue weighted by molar-refractivity contribution is 5.74. The molecule has 0 aromatic heterocycles. The maximum Gasteiger partial charge on any atom is 0.315 e. The molecule has 2 amide bonds. The van der Waals surface area contributed by atoms with Crippen molar-refractivity contribution in [3.8, 4) is 0 Å². The minimum atomic E-state index is -0.00845. The molecule has 4 nitrogen and oxygen atoms in total. The molecule has 3 atom stereocenters. The summed E-state index contributed by atoms with van der Waals surface area (Å²) in [6, 6.07) is 0.233. The average molecular weight is 238 g/mol. The first-order chi connectivity index (χ1) is 8.21. The van der Waals surface area contributed by atoms with E-state index < -0.39 is 0 Å². The number of carbonyl (C=O) groups is 1. The second-order valence-corrected chi connectivity index (χ2v) is 5.90. The molecule has 0 unspecified atom stereocenters. The molecule has 17 heavy (non-hydrogen) atoms. The van der Waals surface area contributed by atoms with E-state index in [-0.39, 0.29) is 18.2 Å². The highest BCUT2D eigenvalue weighted by Gasteiger charge is 2.43. The van der Waals surface area contributed by atoms with Gasteiger partial charge in [0.2, 0.25) is 0 Å². The second kappa shape index (κ2) is 4.16. The van der Waals surface area contributed by atoms with Crippen LogP contribution in [0.2, 0.25) is 0 Å². The summed E-state index contributed by atoms with van der Waals surface area (Å²) < 4.78 is 5.72. The Labute approximate surface area is 102 Å². The Kier molecular flexibility index (Phi) is 2.77. The molecule has 0 radical (unpaired) electrons. The lowest BCUT2D eigenvalue weighted by Crippen LogP contribution is -2.47. The third kappa shape index (κ3) is 2.28. The van der Waals surface area contributed by atoms with Crippen LogP contribution < -0.4 is 10.6 Å². The predicted molar refractivity (Wildman–Crippen MR) is 64.8 cm³/mol. The molecule has 2 N–H and O–H groups in total. The van der Waals surface area contributed by atoms with E-state index in [2.05, 4.69) is 17.6 Å². The smallest absolute Gasteiger partial charge is 0.315 e. The van der Waals surface area contributed by atoms with Crippen molar-refractivity contribution in [3.05, 3.63) is 0 Å². The molecule has 1 saturated carbocycles. The molecular formula is C13H22N2O2. The summed E-state index contributed by atoms with van der Waals surface area (Å²) in [6.07, 6.45) is 7.64. The fourth-order valence-electron chi connectivity index (χ4n) is 3.11. The van der Waals surface area contributed by atoms with Gasteiger partial charge in [0.15, 0.2) is 0 Å². The molecular weight excluding hydrogens is 216 g/mol. The van der Waals surface area contributed by atoms with E-state index in [0.717, 1.165) is 19.4 Å². The number of rotatable bonds is 4. The van der Waals surface area contributed by atoms with Crippen molar-refractivity contribution < 1.29 is 9.53 Å². The van der Waals surface area contributed by atoms with Gasteiger partial charge in [0, 0.05) is 6.54 Å². The van der Waals surface area contributed by atoms with E-state index in [1.165, 1.54) is 25.7 Å². The Morgan fingerprint density at radius 1 is 1.41 bits per heavy atom. The van der Waals surface area contributed by atoms with Gasteiger partial charge in [0.1, 0.15) is 0 Å². The highest BCUT2D eigenvalue weighted by atomic mass is 16.5. The number of ether oxygens (including phenoxy) is 1. The maximum absolute atomic E-state index is 11.8. The second-order valence-electron chi connectivity index (χ2n) is 5.90. The van der Waals surface area contributed by atoms with Crippen molar-refractivity contribution >= 4 is 6.03 Å². The lowest BCUT2D eigenvalue weighted by molar-refractivity contribution is 0.0980. The van der Waals surface area contributed by atoms with Crippen molar-refractivity contribution in [1.82, 2.24) is 10.6 Å². The summed E-state index contributed by atoms with van der Waals surface area (Å²) in [5, 5.41) is 6.08. The zero-order valence-corrected chi connectivity index (χ0v) is 10.5. The van der Waals surface area contributed by atoms with Crippen LogP contribution in [0.1, 0.15) is 45.4 Å². The van der Waals surface area contributed by atoms with Gasteiger partial charge in [-0.1, -0.05) is 6.92 Å². The third-order valence-electron chi connectivity index (χ3n) is 4.75. The number of urea groups is 1. The Hall–Kier alpha value is -0.770. The van der Waals surface area contributed by atoms with Crippen molar-refractivity contribution in [2.24, 2.45) is 5.41 Å². The Morgan fingerprint density at radius 2 is 2.24 bits per heavy atom. The van der Waals surface area contributed by atoms with Gasteiger partial charge in [0.25, 0.3) is 0 Å². The largest absolute Gasteiger partial charge is 0.373 e. The van der Waals surface area contributed by atoms with Crippen molar-refractivity contribution in [2.45, 2.75) is 63.7 Å².